The molecular formula is C10H18N4O. The topological polar surface area (TPSA) is 59.0 Å². The van der Waals surface area contributed by atoms with Crippen molar-refractivity contribution >= 4 is 11.6 Å². The van der Waals surface area contributed by atoms with Gasteiger partial charge in [-0.1, -0.05) is 13.8 Å². The molecule has 0 fully saturated rings. The summed E-state index contributed by atoms with van der Waals surface area (Å²) in [6.07, 6.45) is 3.52. The minimum Gasteiger partial charge on any atom is -0.374 e. The zero-order valence-electron chi connectivity index (χ0n) is 9.45. The van der Waals surface area contributed by atoms with Gasteiger partial charge in [-0.3, -0.25) is 9.48 Å². The van der Waals surface area contributed by atoms with Crippen molar-refractivity contribution in [1.29, 1.82) is 0 Å². The van der Waals surface area contributed by atoms with E-state index >= 15 is 0 Å². The number of aryl methyl sites for hydroxylation is 1. The molecule has 1 heterocycles. The molecule has 0 radical (unpaired) electrons. The van der Waals surface area contributed by atoms with E-state index in [1.165, 1.54) is 0 Å². The quantitative estimate of drug-likeness (QED) is 0.748. The summed E-state index contributed by atoms with van der Waals surface area (Å²) in [5, 5.41) is 9.82. The Hall–Kier alpha value is -1.52. The number of hydrogen-bond donors (Lipinski definition) is 2. The van der Waals surface area contributed by atoms with Crippen LogP contribution in [-0.2, 0) is 11.8 Å². The second kappa shape index (κ2) is 5.38. The summed E-state index contributed by atoms with van der Waals surface area (Å²) in [6, 6.07) is 0. The van der Waals surface area contributed by atoms with Crippen LogP contribution in [0.3, 0.4) is 0 Å². The van der Waals surface area contributed by atoms with Gasteiger partial charge >= 0.3 is 0 Å². The van der Waals surface area contributed by atoms with E-state index < -0.39 is 0 Å². The number of carbonyl (C=O) groups is 1. The van der Waals surface area contributed by atoms with Crippen LogP contribution in [0.1, 0.15) is 13.8 Å². The second-order valence-corrected chi connectivity index (χ2v) is 3.95. The van der Waals surface area contributed by atoms with E-state index in [1.807, 2.05) is 13.2 Å². The molecule has 1 rings (SSSR count). The maximum atomic E-state index is 11.3. The van der Waals surface area contributed by atoms with Crippen LogP contribution in [-0.4, -0.2) is 28.8 Å². The SMILES string of the molecule is CC(C)CNC(=O)CNc1cnn(C)c1. The molecular weight excluding hydrogens is 192 g/mol. The second-order valence-electron chi connectivity index (χ2n) is 3.95. The highest BCUT2D eigenvalue weighted by molar-refractivity contribution is 5.80. The van der Waals surface area contributed by atoms with Gasteiger partial charge in [0.25, 0.3) is 0 Å². The number of nitrogens with one attached hydrogen (secondary N) is 2. The third-order valence-corrected chi connectivity index (χ3v) is 1.87. The van der Waals surface area contributed by atoms with Gasteiger partial charge in [0, 0.05) is 19.8 Å². The summed E-state index contributed by atoms with van der Waals surface area (Å²) in [6.45, 7) is 5.13. The molecule has 0 saturated heterocycles. The fourth-order valence-corrected chi connectivity index (χ4v) is 1.08. The van der Waals surface area contributed by atoms with Crippen molar-refractivity contribution in [2.75, 3.05) is 18.4 Å². The van der Waals surface area contributed by atoms with Gasteiger partial charge in [-0.2, -0.15) is 5.10 Å². The lowest BCUT2D eigenvalue weighted by Gasteiger charge is -2.07. The van der Waals surface area contributed by atoms with Crippen molar-refractivity contribution in [2.45, 2.75) is 13.8 Å². The highest BCUT2D eigenvalue weighted by Crippen LogP contribution is 2.01. The van der Waals surface area contributed by atoms with Crippen LogP contribution in [0.4, 0.5) is 5.69 Å². The van der Waals surface area contributed by atoms with E-state index in [4.69, 9.17) is 0 Å². The van der Waals surface area contributed by atoms with Crippen LogP contribution in [0.2, 0.25) is 0 Å². The van der Waals surface area contributed by atoms with Gasteiger partial charge in [-0.25, -0.2) is 0 Å². The van der Waals surface area contributed by atoms with Gasteiger partial charge in [0.15, 0.2) is 0 Å². The first-order valence-electron chi connectivity index (χ1n) is 5.07. The molecule has 15 heavy (non-hydrogen) atoms. The van der Waals surface area contributed by atoms with Crippen LogP contribution in [0.25, 0.3) is 0 Å². The number of nitrogens with zero attached hydrogens (tertiary/aromatic N) is 2. The molecule has 5 heteroatoms. The Balaban J connectivity index is 2.22. The largest absolute Gasteiger partial charge is 0.374 e. The Morgan fingerprint density at radius 1 is 1.60 bits per heavy atom. The summed E-state index contributed by atoms with van der Waals surface area (Å²) < 4.78 is 1.69. The number of rotatable bonds is 5. The fourth-order valence-electron chi connectivity index (χ4n) is 1.08. The van der Waals surface area contributed by atoms with Crippen LogP contribution in [0.5, 0.6) is 0 Å². The lowest BCUT2D eigenvalue weighted by atomic mass is 10.2. The van der Waals surface area contributed by atoms with Crippen molar-refractivity contribution in [1.82, 2.24) is 15.1 Å². The van der Waals surface area contributed by atoms with Crippen molar-refractivity contribution < 1.29 is 4.79 Å². The lowest BCUT2D eigenvalue weighted by Crippen LogP contribution is -2.32. The molecule has 0 aromatic carbocycles. The maximum Gasteiger partial charge on any atom is 0.239 e. The summed E-state index contributed by atoms with van der Waals surface area (Å²) in [5.41, 5.74) is 0.859. The smallest absolute Gasteiger partial charge is 0.239 e. The molecule has 84 valence electrons. The normalized spacial score (nSPS) is 10.4. The first kappa shape index (κ1) is 11.6. The van der Waals surface area contributed by atoms with Crippen LogP contribution < -0.4 is 10.6 Å². The van der Waals surface area contributed by atoms with E-state index in [2.05, 4.69) is 29.6 Å². The molecule has 2 N–H and O–H groups in total. The van der Waals surface area contributed by atoms with Crippen molar-refractivity contribution in [3.05, 3.63) is 12.4 Å². The van der Waals surface area contributed by atoms with Crippen molar-refractivity contribution in [3.63, 3.8) is 0 Å². The number of anilines is 1. The van der Waals surface area contributed by atoms with Crippen LogP contribution in [0.15, 0.2) is 12.4 Å². The zero-order chi connectivity index (χ0) is 11.3. The average Bonchev–Trinajstić information content (AvgIpc) is 2.58. The molecule has 5 nitrogen and oxygen atoms in total. The van der Waals surface area contributed by atoms with E-state index in [0.29, 0.717) is 19.0 Å². The number of carbonyl (C=O) groups excluding carboxylic acids is 1. The molecule has 1 aromatic rings. The Labute approximate surface area is 89.9 Å². The fraction of sp³-hybridized carbons (Fsp3) is 0.600. The first-order chi connectivity index (χ1) is 7.08. The third-order valence-electron chi connectivity index (χ3n) is 1.87. The third kappa shape index (κ3) is 4.49. The Morgan fingerprint density at radius 3 is 2.87 bits per heavy atom. The molecule has 0 spiro atoms. The Morgan fingerprint density at radius 2 is 2.33 bits per heavy atom. The van der Waals surface area contributed by atoms with Gasteiger partial charge in [-0.05, 0) is 5.92 Å². The minimum atomic E-state index is 0.00699. The molecule has 1 aromatic heterocycles. The summed E-state index contributed by atoms with van der Waals surface area (Å²) in [7, 11) is 1.84. The van der Waals surface area contributed by atoms with E-state index in [1.54, 1.807) is 10.9 Å². The zero-order valence-corrected chi connectivity index (χ0v) is 9.45. The number of aromatic nitrogens is 2. The van der Waals surface area contributed by atoms with E-state index in [0.717, 1.165) is 5.69 Å². The Kier molecular flexibility index (Phi) is 4.15. The molecule has 0 atom stereocenters. The standard InChI is InChI=1S/C10H18N4O/c1-8(2)4-12-10(15)6-11-9-5-13-14(3)7-9/h5,7-8,11H,4,6H2,1-3H3,(H,12,15). The molecule has 0 aliphatic heterocycles. The van der Waals surface area contributed by atoms with Crippen LogP contribution >= 0.6 is 0 Å². The van der Waals surface area contributed by atoms with Gasteiger partial charge in [-0.15, -0.1) is 0 Å². The lowest BCUT2D eigenvalue weighted by molar-refractivity contribution is -0.119. The molecule has 1 amide bonds. The molecule has 0 aliphatic carbocycles. The highest BCUT2D eigenvalue weighted by atomic mass is 16.1. The Bertz CT molecular complexity index is 319. The predicted molar refractivity (Wildman–Crippen MR) is 59.5 cm³/mol. The minimum absolute atomic E-state index is 0.00699. The molecule has 0 aliphatic rings. The molecule has 0 unspecified atom stereocenters. The van der Waals surface area contributed by atoms with Gasteiger partial charge in [0.2, 0.25) is 5.91 Å². The molecule has 0 bridgehead atoms. The molecule has 0 saturated carbocycles. The van der Waals surface area contributed by atoms with Gasteiger partial charge in [0.05, 0.1) is 18.4 Å². The van der Waals surface area contributed by atoms with Gasteiger partial charge in [0.1, 0.15) is 0 Å². The monoisotopic (exact) mass is 210 g/mol. The summed E-state index contributed by atoms with van der Waals surface area (Å²) in [5.74, 6) is 0.486. The van der Waals surface area contributed by atoms with Crippen molar-refractivity contribution in [2.24, 2.45) is 13.0 Å². The number of amides is 1. The predicted octanol–water partition coefficient (Wildman–Crippen LogP) is 0.604. The summed E-state index contributed by atoms with van der Waals surface area (Å²) in [4.78, 5) is 11.3. The maximum absolute atomic E-state index is 11.3. The van der Waals surface area contributed by atoms with E-state index in [-0.39, 0.29) is 5.91 Å². The van der Waals surface area contributed by atoms with E-state index in [9.17, 15) is 4.79 Å². The van der Waals surface area contributed by atoms with Crippen LogP contribution in [0, 0.1) is 5.92 Å². The van der Waals surface area contributed by atoms with Gasteiger partial charge < -0.3 is 10.6 Å². The highest BCUT2D eigenvalue weighted by Gasteiger charge is 2.02. The van der Waals surface area contributed by atoms with Crippen molar-refractivity contribution in [3.8, 4) is 0 Å². The average molecular weight is 210 g/mol. The first-order valence-corrected chi connectivity index (χ1v) is 5.07. The summed E-state index contributed by atoms with van der Waals surface area (Å²) >= 11 is 0. The number of hydrogen-bond acceptors (Lipinski definition) is 3.